The molecule has 2 aromatic rings. The van der Waals surface area contributed by atoms with Crippen molar-refractivity contribution < 1.29 is 9.47 Å². The Morgan fingerprint density at radius 3 is 2.45 bits per heavy atom. The molecular formula is C14H18ClN3O2. The summed E-state index contributed by atoms with van der Waals surface area (Å²) >= 11 is 6.26. The Hall–Kier alpha value is -1.72. The maximum Gasteiger partial charge on any atom is 0.149 e. The van der Waals surface area contributed by atoms with Crippen molar-refractivity contribution >= 4 is 28.2 Å². The van der Waals surface area contributed by atoms with Gasteiger partial charge in [0.05, 0.1) is 36.0 Å². The lowest BCUT2D eigenvalue weighted by atomic mass is 10.1. The average Bonchev–Trinajstić information content (AvgIpc) is 2.45. The van der Waals surface area contributed by atoms with E-state index in [0.717, 1.165) is 16.8 Å². The first kappa shape index (κ1) is 14.7. The maximum absolute atomic E-state index is 6.26. The number of hydrogen-bond donors (Lipinski definition) is 1. The van der Waals surface area contributed by atoms with Gasteiger partial charge >= 0.3 is 0 Å². The van der Waals surface area contributed by atoms with Crippen molar-refractivity contribution in [3.63, 3.8) is 0 Å². The molecule has 1 aromatic carbocycles. The van der Waals surface area contributed by atoms with Crippen LogP contribution < -0.4 is 20.1 Å². The van der Waals surface area contributed by atoms with Gasteiger partial charge in [-0.05, 0) is 6.07 Å². The topological polar surface area (TPSA) is 60.6 Å². The molecule has 20 heavy (non-hydrogen) atoms. The number of hydrogen-bond acceptors (Lipinski definition) is 5. The zero-order valence-corrected chi connectivity index (χ0v) is 12.8. The SMILES string of the molecule is COc1cc(Cl)c(OC)c2c(N(C)C)cc(CN)nc12. The second kappa shape index (κ2) is 5.73. The highest BCUT2D eigenvalue weighted by Crippen LogP contribution is 2.43. The van der Waals surface area contributed by atoms with E-state index in [1.54, 1.807) is 20.3 Å². The van der Waals surface area contributed by atoms with Crippen molar-refractivity contribution in [3.05, 3.63) is 22.8 Å². The molecule has 0 bridgehead atoms. The van der Waals surface area contributed by atoms with Crippen LogP contribution in [-0.2, 0) is 6.54 Å². The van der Waals surface area contributed by atoms with Crippen molar-refractivity contribution in [2.45, 2.75) is 6.54 Å². The first-order valence-electron chi connectivity index (χ1n) is 6.15. The third kappa shape index (κ3) is 2.34. The quantitative estimate of drug-likeness (QED) is 0.939. The number of fused-ring (bicyclic) bond motifs is 1. The van der Waals surface area contributed by atoms with E-state index in [9.17, 15) is 0 Å². The van der Waals surface area contributed by atoms with Crippen LogP contribution in [0.2, 0.25) is 5.02 Å². The Bertz CT molecular complexity index is 644. The van der Waals surface area contributed by atoms with Crippen LogP contribution >= 0.6 is 11.6 Å². The largest absolute Gasteiger partial charge is 0.494 e. The minimum absolute atomic E-state index is 0.352. The molecule has 0 unspecified atom stereocenters. The first-order valence-corrected chi connectivity index (χ1v) is 6.52. The highest BCUT2D eigenvalue weighted by atomic mass is 35.5. The van der Waals surface area contributed by atoms with Crippen LogP contribution in [0.3, 0.4) is 0 Å². The third-order valence-corrected chi connectivity index (χ3v) is 3.38. The molecule has 0 atom stereocenters. The van der Waals surface area contributed by atoms with Crippen molar-refractivity contribution in [3.8, 4) is 11.5 Å². The van der Waals surface area contributed by atoms with Gasteiger partial charge in [0.15, 0.2) is 0 Å². The smallest absolute Gasteiger partial charge is 0.149 e. The maximum atomic E-state index is 6.26. The Morgan fingerprint density at radius 2 is 1.95 bits per heavy atom. The molecule has 1 aromatic heterocycles. The van der Waals surface area contributed by atoms with E-state index in [4.69, 9.17) is 26.8 Å². The third-order valence-electron chi connectivity index (χ3n) is 3.10. The molecule has 108 valence electrons. The number of aromatic nitrogens is 1. The summed E-state index contributed by atoms with van der Waals surface area (Å²) in [6.45, 7) is 0.352. The average molecular weight is 296 g/mol. The fraction of sp³-hybridized carbons (Fsp3) is 0.357. The van der Waals surface area contributed by atoms with Crippen LogP contribution in [0.5, 0.6) is 11.5 Å². The number of anilines is 1. The van der Waals surface area contributed by atoms with Crippen LogP contribution in [-0.4, -0.2) is 33.3 Å². The van der Waals surface area contributed by atoms with E-state index >= 15 is 0 Å². The van der Waals surface area contributed by atoms with Gasteiger partial charge in [0.1, 0.15) is 17.0 Å². The number of rotatable bonds is 4. The van der Waals surface area contributed by atoms with Gasteiger partial charge in [0.2, 0.25) is 0 Å². The summed E-state index contributed by atoms with van der Waals surface area (Å²) in [5.74, 6) is 1.19. The zero-order chi connectivity index (χ0) is 14.9. The summed E-state index contributed by atoms with van der Waals surface area (Å²) in [4.78, 5) is 6.52. The summed E-state index contributed by atoms with van der Waals surface area (Å²) in [7, 11) is 7.07. The summed E-state index contributed by atoms with van der Waals surface area (Å²) in [6.07, 6.45) is 0. The molecule has 1 heterocycles. The molecule has 0 aliphatic rings. The van der Waals surface area contributed by atoms with Gasteiger partial charge in [-0.3, -0.25) is 0 Å². The molecule has 0 aliphatic carbocycles. The van der Waals surface area contributed by atoms with Crippen LogP contribution in [0.25, 0.3) is 10.9 Å². The Labute approximate surface area is 123 Å². The second-order valence-corrected chi connectivity index (χ2v) is 4.96. The molecule has 5 nitrogen and oxygen atoms in total. The fourth-order valence-electron chi connectivity index (χ4n) is 2.17. The van der Waals surface area contributed by atoms with Gasteiger partial charge in [-0.1, -0.05) is 11.6 Å². The van der Waals surface area contributed by atoms with E-state index in [1.807, 2.05) is 25.1 Å². The monoisotopic (exact) mass is 295 g/mol. The van der Waals surface area contributed by atoms with Gasteiger partial charge in [-0.15, -0.1) is 0 Å². The highest BCUT2D eigenvalue weighted by molar-refractivity contribution is 6.34. The molecule has 0 aliphatic heterocycles. The lowest BCUT2D eigenvalue weighted by Gasteiger charge is -2.20. The van der Waals surface area contributed by atoms with Gasteiger partial charge in [-0.25, -0.2) is 4.98 Å². The number of nitrogens with zero attached hydrogens (tertiary/aromatic N) is 2. The van der Waals surface area contributed by atoms with Crippen molar-refractivity contribution in [1.82, 2.24) is 4.98 Å². The van der Waals surface area contributed by atoms with E-state index in [0.29, 0.717) is 28.6 Å². The van der Waals surface area contributed by atoms with Gasteiger partial charge < -0.3 is 20.1 Å². The van der Waals surface area contributed by atoms with Crippen LogP contribution in [0.4, 0.5) is 5.69 Å². The molecule has 0 saturated carbocycles. The van der Waals surface area contributed by atoms with Crippen LogP contribution in [0.1, 0.15) is 5.69 Å². The lowest BCUT2D eigenvalue weighted by Crippen LogP contribution is -2.12. The van der Waals surface area contributed by atoms with E-state index in [2.05, 4.69) is 4.98 Å². The Kier molecular flexibility index (Phi) is 4.20. The summed E-state index contributed by atoms with van der Waals surface area (Å²) in [5.41, 5.74) is 8.14. The molecule has 0 spiro atoms. The number of methoxy groups -OCH3 is 2. The van der Waals surface area contributed by atoms with Gasteiger partial charge in [0.25, 0.3) is 0 Å². The Balaban J connectivity index is 2.97. The van der Waals surface area contributed by atoms with Gasteiger partial charge in [-0.2, -0.15) is 0 Å². The van der Waals surface area contributed by atoms with Crippen molar-refractivity contribution in [2.75, 3.05) is 33.2 Å². The Morgan fingerprint density at radius 1 is 1.25 bits per heavy atom. The summed E-state index contributed by atoms with van der Waals surface area (Å²) < 4.78 is 10.8. The highest BCUT2D eigenvalue weighted by Gasteiger charge is 2.19. The molecule has 0 radical (unpaired) electrons. The lowest BCUT2D eigenvalue weighted by molar-refractivity contribution is 0.410. The minimum Gasteiger partial charge on any atom is -0.494 e. The predicted octanol–water partition coefficient (Wildman–Crippen LogP) is 2.43. The number of halogens is 1. The standard InChI is InChI=1S/C14H18ClN3O2/c1-18(2)10-5-8(7-16)17-13-11(19-3)6-9(15)14(20-4)12(10)13/h5-6H,7,16H2,1-4H3. The molecule has 2 N–H and O–H groups in total. The molecular weight excluding hydrogens is 278 g/mol. The summed E-state index contributed by atoms with van der Waals surface area (Å²) in [6, 6.07) is 3.64. The first-order chi connectivity index (χ1) is 9.53. The van der Waals surface area contributed by atoms with Crippen LogP contribution in [0.15, 0.2) is 12.1 Å². The van der Waals surface area contributed by atoms with E-state index in [-0.39, 0.29) is 0 Å². The molecule has 0 fully saturated rings. The molecule has 2 rings (SSSR count). The fourth-order valence-corrected chi connectivity index (χ4v) is 2.44. The van der Waals surface area contributed by atoms with Crippen LogP contribution in [0, 0.1) is 0 Å². The van der Waals surface area contributed by atoms with E-state index < -0.39 is 0 Å². The van der Waals surface area contributed by atoms with Crippen molar-refractivity contribution in [1.29, 1.82) is 0 Å². The molecule has 6 heteroatoms. The minimum atomic E-state index is 0.352. The normalized spacial score (nSPS) is 10.7. The molecule has 0 saturated heterocycles. The van der Waals surface area contributed by atoms with Gasteiger partial charge in [0, 0.05) is 26.7 Å². The molecule has 0 amide bonds. The number of ether oxygens (including phenoxy) is 2. The summed E-state index contributed by atoms with van der Waals surface area (Å²) in [5, 5.41) is 1.31. The van der Waals surface area contributed by atoms with E-state index in [1.165, 1.54) is 0 Å². The predicted molar refractivity (Wildman–Crippen MR) is 82.1 cm³/mol. The number of benzene rings is 1. The second-order valence-electron chi connectivity index (χ2n) is 4.55. The number of pyridine rings is 1. The number of nitrogens with two attached hydrogens (primary N) is 1. The zero-order valence-electron chi connectivity index (χ0n) is 12.0. The van der Waals surface area contributed by atoms with Crippen molar-refractivity contribution in [2.24, 2.45) is 5.73 Å².